The molecule has 0 spiro atoms. The second kappa shape index (κ2) is 6.82. The molecule has 0 aromatic heterocycles. The maximum absolute atomic E-state index is 6.20. The number of nitrogens with zero attached hydrogens (tertiary/aromatic N) is 1. The average Bonchev–Trinajstić information content (AvgIpc) is 2.76. The Morgan fingerprint density at radius 2 is 1.54 bits per heavy atom. The number of rotatable bonds is 4. The Kier molecular flexibility index (Phi) is 4.80. The molecule has 0 unspecified atom stereocenters. The van der Waals surface area contributed by atoms with Crippen LogP contribution >= 0.6 is 0 Å². The Balaban J connectivity index is 1.31. The fourth-order valence-electron chi connectivity index (χ4n) is 3.67. The van der Waals surface area contributed by atoms with Gasteiger partial charge < -0.3 is 18.8 Å². The van der Waals surface area contributed by atoms with Crippen LogP contribution in [0.25, 0.3) is 0 Å². The number of ether oxygens (including phenoxy) is 2. The number of likely N-dealkylation sites (tertiary alicyclic amines) is 1. The summed E-state index contributed by atoms with van der Waals surface area (Å²) in [5.74, 6) is 0.927. The van der Waals surface area contributed by atoms with Gasteiger partial charge in [0.2, 0.25) is 0 Å². The predicted molar refractivity (Wildman–Crippen MR) is 102 cm³/mol. The summed E-state index contributed by atoms with van der Waals surface area (Å²) in [6.45, 7) is 12.3. The van der Waals surface area contributed by atoms with Crippen molar-refractivity contribution in [2.24, 2.45) is 0 Å². The van der Waals surface area contributed by atoms with E-state index < -0.39 is 0 Å². The third-order valence-electron chi connectivity index (χ3n) is 6.32. The highest BCUT2D eigenvalue weighted by Crippen LogP contribution is 2.36. The lowest BCUT2D eigenvalue weighted by atomic mass is 9.79. The van der Waals surface area contributed by atoms with E-state index in [0.717, 1.165) is 50.4 Å². The van der Waals surface area contributed by atoms with Crippen molar-refractivity contribution in [3.8, 4) is 5.75 Å². The third-order valence-corrected chi connectivity index (χ3v) is 6.32. The largest absolute Gasteiger partial charge is 0.494 e. The van der Waals surface area contributed by atoms with Crippen LogP contribution in [0, 0.1) is 0 Å². The summed E-state index contributed by atoms with van der Waals surface area (Å²) in [4.78, 5) is 2.53. The Hall–Kier alpha value is -1.08. The van der Waals surface area contributed by atoms with E-state index in [0.29, 0.717) is 12.1 Å². The molecule has 3 aliphatic rings. The standard InChI is InChI=1S/C20H30BNO4/c1-19(2)20(3,4)26-21(25-19)15-5-7-17(8-6-15)24-18-9-11-22(12-10-18)16-13-23-14-16/h5-8,16,18H,9-14H2,1-4H3. The summed E-state index contributed by atoms with van der Waals surface area (Å²) in [6, 6.07) is 8.81. The normalized spacial score (nSPS) is 26.7. The van der Waals surface area contributed by atoms with Crippen molar-refractivity contribution < 1.29 is 18.8 Å². The van der Waals surface area contributed by atoms with Crippen molar-refractivity contribution in [2.45, 2.75) is 63.9 Å². The first kappa shape index (κ1) is 18.3. The summed E-state index contributed by atoms with van der Waals surface area (Å²) >= 11 is 0. The van der Waals surface area contributed by atoms with Crippen molar-refractivity contribution in [1.29, 1.82) is 0 Å². The minimum atomic E-state index is -0.318. The van der Waals surface area contributed by atoms with E-state index in [9.17, 15) is 0 Å². The van der Waals surface area contributed by atoms with E-state index in [1.165, 1.54) is 0 Å². The van der Waals surface area contributed by atoms with Gasteiger partial charge in [0.25, 0.3) is 0 Å². The van der Waals surface area contributed by atoms with Gasteiger partial charge in [-0.1, -0.05) is 12.1 Å². The van der Waals surface area contributed by atoms with Gasteiger partial charge in [-0.2, -0.15) is 0 Å². The van der Waals surface area contributed by atoms with Gasteiger partial charge in [-0.25, -0.2) is 0 Å². The van der Waals surface area contributed by atoms with Gasteiger partial charge in [-0.15, -0.1) is 0 Å². The van der Waals surface area contributed by atoms with Crippen LogP contribution in [0.3, 0.4) is 0 Å². The van der Waals surface area contributed by atoms with Gasteiger partial charge >= 0.3 is 7.12 Å². The molecule has 3 fully saturated rings. The zero-order valence-corrected chi connectivity index (χ0v) is 16.4. The molecule has 0 saturated carbocycles. The second-order valence-electron chi connectivity index (χ2n) is 8.70. The fraction of sp³-hybridized carbons (Fsp3) is 0.700. The summed E-state index contributed by atoms with van der Waals surface area (Å²) < 4.78 is 23.7. The Morgan fingerprint density at radius 3 is 2.04 bits per heavy atom. The predicted octanol–water partition coefficient (Wildman–Crippen LogP) is 2.23. The molecule has 142 valence electrons. The molecule has 0 bridgehead atoms. The lowest BCUT2D eigenvalue weighted by Crippen LogP contribution is -2.52. The van der Waals surface area contributed by atoms with Crippen LogP contribution in [0.2, 0.25) is 0 Å². The molecule has 0 aliphatic carbocycles. The van der Waals surface area contributed by atoms with E-state index >= 15 is 0 Å². The average molecular weight is 359 g/mol. The molecule has 6 heteroatoms. The molecule has 0 radical (unpaired) electrons. The summed E-state index contributed by atoms with van der Waals surface area (Å²) in [7, 11) is -0.318. The Labute approximate surface area is 157 Å². The number of benzene rings is 1. The zero-order chi connectivity index (χ0) is 18.4. The quantitative estimate of drug-likeness (QED) is 0.771. The van der Waals surface area contributed by atoms with E-state index in [-0.39, 0.29) is 18.3 Å². The van der Waals surface area contributed by atoms with Crippen molar-refractivity contribution in [3.63, 3.8) is 0 Å². The van der Waals surface area contributed by atoms with Gasteiger partial charge in [-0.05, 0) is 58.1 Å². The van der Waals surface area contributed by atoms with Crippen molar-refractivity contribution >= 4 is 12.6 Å². The monoisotopic (exact) mass is 359 g/mol. The van der Waals surface area contributed by atoms with Crippen molar-refractivity contribution in [1.82, 2.24) is 4.90 Å². The van der Waals surface area contributed by atoms with Crippen LogP contribution < -0.4 is 10.2 Å². The maximum Gasteiger partial charge on any atom is 0.494 e. The van der Waals surface area contributed by atoms with Crippen molar-refractivity contribution in [3.05, 3.63) is 24.3 Å². The zero-order valence-electron chi connectivity index (χ0n) is 16.4. The number of hydrogen-bond acceptors (Lipinski definition) is 5. The lowest BCUT2D eigenvalue weighted by Gasteiger charge is -2.41. The van der Waals surface area contributed by atoms with Gasteiger partial charge in [0, 0.05) is 13.1 Å². The molecule has 1 aromatic carbocycles. The van der Waals surface area contributed by atoms with Gasteiger partial charge in [0.15, 0.2) is 0 Å². The molecule has 3 saturated heterocycles. The van der Waals surface area contributed by atoms with E-state index in [4.69, 9.17) is 18.8 Å². The molecular weight excluding hydrogens is 329 g/mol. The molecule has 0 atom stereocenters. The highest BCUT2D eigenvalue weighted by molar-refractivity contribution is 6.62. The topological polar surface area (TPSA) is 40.2 Å². The van der Waals surface area contributed by atoms with Crippen LogP contribution in [-0.2, 0) is 14.0 Å². The molecule has 1 aromatic rings. The molecular formula is C20H30BNO4. The minimum Gasteiger partial charge on any atom is -0.490 e. The maximum atomic E-state index is 6.20. The van der Waals surface area contributed by atoms with E-state index in [1.807, 2.05) is 12.1 Å². The minimum absolute atomic E-state index is 0.301. The van der Waals surface area contributed by atoms with Crippen molar-refractivity contribution in [2.75, 3.05) is 26.3 Å². The molecule has 4 rings (SSSR count). The van der Waals surface area contributed by atoms with Crippen LogP contribution in [0.4, 0.5) is 0 Å². The number of hydrogen-bond donors (Lipinski definition) is 0. The van der Waals surface area contributed by atoms with Crippen LogP contribution in [0.5, 0.6) is 5.75 Å². The summed E-state index contributed by atoms with van der Waals surface area (Å²) in [5, 5.41) is 0. The van der Waals surface area contributed by atoms with Crippen LogP contribution in [-0.4, -0.2) is 61.7 Å². The second-order valence-corrected chi connectivity index (χ2v) is 8.70. The highest BCUT2D eigenvalue weighted by Gasteiger charge is 2.51. The summed E-state index contributed by atoms with van der Waals surface area (Å²) in [6.07, 6.45) is 2.46. The van der Waals surface area contributed by atoms with Gasteiger partial charge in [0.1, 0.15) is 11.9 Å². The highest BCUT2D eigenvalue weighted by atomic mass is 16.7. The lowest BCUT2D eigenvalue weighted by molar-refractivity contribution is -0.0778. The van der Waals surface area contributed by atoms with Crippen LogP contribution in [0.15, 0.2) is 24.3 Å². The molecule has 26 heavy (non-hydrogen) atoms. The summed E-state index contributed by atoms with van der Waals surface area (Å²) in [5.41, 5.74) is 0.411. The van der Waals surface area contributed by atoms with E-state index in [1.54, 1.807) is 0 Å². The SMILES string of the molecule is CC1(C)OB(c2ccc(OC3CCN(C4COC4)CC3)cc2)OC1(C)C. The fourth-order valence-corrected chi connectivity index (χ4v) is 3.67. The Bertz CT molecular complexity index is 605. The molecule has 0 N–H and O–H groups in total. The van der Waals surface area contributed by atoms with Crippen LogP contribution in [0.1, 0.15) is 40.5 Å². The third kappa shape index (κ3) is 3.52. The van der Waals surface area contributed by atoms with Gasteiger partial charge in [-0.3, -0.25) is 4.90 Å². The van der Waals surface area contributed by atoms with Gasteiger partial charge in [0.05, 0.1) is 30.5 Å². The first-order valence-corrected chi connectivity index (χ1v) is 9.78. The number of piperidine rings is 1. The first-order chi connectivity index (χ1) is 12.3. The Morgan fingerprint density at radius 1 is 0.962 bits per heavy atom. The van der Waals surface area contributed by atoms with E-state index in [2.05, 4.69) is 44.7 Å². The molecule has 5 nitrogen and oxygen atoms in total. The first-order valence-electron chi connectivity index (χ1n) is 9.78. The molecule has 3 heterocycles. The molecule has 0 amide bonds. The molecule has 3 aliphatic heterocycles. The smallest absolute Gasteiger partial charge is 0.490 e.